The Balaban J connectivity index is 0.938. The molecule has 9 rings (SSSR count). The minimum atomic E-state index is -2.04. The average Bonchev–Trinajstić information content (AvgIpc) is 1.72. The van der Waals surface area contributed by atoms with Gasteiger partial charge in [-0.05, 0) is 106 Å². The van der Waals surface area contributed by atoms with E-state index in [1.807, 2.05) is 12.1 Å². The van der Waals surface area contributed by atoms with Crippen LogP contribution in [0.15, 0.2) is 66.7 Å². The van der Waals surface area contributed by atoms with Crippen molar-refractivity contribution in [3.8, 4) is 32.6 Å². The number of benzene rings is 3. The third kappa shape index (κ3) is 17.5. The number of phenolic OH excluding ortho intramolecular Hbond substituents is 1. The molecule has 4 aromatic rings. The minimum absolute atomic E-state index is 0.00392. The summed E-state index contributed by atoms with van der Waals surface area (Å²) >= 11 is 1.35. The molecule has 4 aliphatic heterocycles. The number of nitrogens with one attached hydrogen (secondary N) is 5. The van der Waals surface area contributed by atoms with E-state index in [1.54, 1.807) is 12.1 Å². The monoisotopic (exact) mass is 1310 g/mol. The van der Waals surface area contributed by atoms with Gasteiger partial charge in [0.15, 0.2) is 11.5 Å². The number of nitrogens with zero attached hydrogens (tertiary/aromatic N) is 5. The maximum atomic E-state index is 14.7. The maximum absolute atomic E-state index is 14.7. The van der Waals surface area contributed by atoms with Crippen LogP contribution in [-0.2, 0) is 39.9 Å². The molecule has 5 aliphatic rings. The van der Waals surface area contributed by atoms with Crippen molar-refractivity contribution < 1.29 is 78.8 Å². The molecule has 28 nitrogen and oxygen atoms in total. The molecular formula is C64H88N12O16S. The Labute approximate surface area is 542 Å². The highest BCUT2D eigenvalue weighted by molar-refractivity contribution is 7.17. The van der Waals surface area contributed by atoms with E-state index in [-0.39, 0.29) is 61.4 Å². The zero-order chi connectivity index (χ0) is 66.6. The fourth-order valence-corrected chi connectivity index (χ4v) is 13.6. The van der Waals surface area contributed by atoms with Gasteiger partial charge in [0.05, 0.1) is 42.7 Å². The summed E-state index contributed by atoms with van der Waals surface area (Å²) in [6, 6.07) is 7.47. The van der Waals surface area contributed by atoms with Crippen molar-refractivity contribution in [2.75, 3.05) is 63.9 Å². The molecule has 5 heterocycles. The highest BCUT2D eigenvalue weighted by atomic mass is 32.1. The molecule has 5 fully saturated rings. The number of fused-ring (bicyclic) bond motifs is 2. The smallest absolute Gasteiger partial charge is 0.251 e. The van der Waals surface area contributed by atoms with Crippen LogP contribution in [0.2, 0.25) is 0 Å². The van der Waals surface area contributed by atoms with Gasteiger partial charge >= 0.3 is 0 Å². The van der Waals surface area contributed by atoms with Crippen molar-refractivity contribution in [3.63, 3.8) is 0 Å². The molecule has 1 saturated carbocycles. The van der Waals surface area contributed by atoms with Crippen LogP contribution < -0.4 is 47.7 Å². The summed E-state index contributed by atoms with van der Waals surface area (Å²) in [7, 11) is 0. The van der Waals surface area contributed by atoms with Crippen molar-refractivity contribution in [2.24, 2.45) is 23.3 Å². The number of β-amino-alcohol motifs (C(OH)–C–C–N with tert-alkyl or cyclic N) is 1. The Bertz CT molecular complexity index is 3220. The second-order valence-corrected chi connectivity index (χ2v) is 26.1. The number of ether oxygens (including phenoxy) is 2. The van der Waals surface area contributed by atoms with E-state index in [1.165, 1.54) is 80.7 Å². The van der Waals surface area contributed by atoms with Crippen LogP contribution in [0.3, 0.4) is 0 Å². The van der Waals surface area contributed by atoms with E-state index in [2.05, 4.69) is 53.8 Å². The zero-order valence-corrected chi connectivity index (χ0v) is 53.1. The first-order valence-corrected chi connectivity index (χ1v) is 32.9. The number of carbonyl (C=O) groups excluding carboxylic acids is 7. The second-order valence-electron chi connectivity index (χ2n) is 25.1. The van der Waals surface area contributed by atoms with Crippen molar-refractivity contribution in [2.45, 2.75) is 163 Å². The van der Waals surface area contributed by atoms with E-state index in [9.17, 15) is 69.3 Å². The molecular weight excluding hydrogens is 1220 g/mol. The van der Waals surface area contributed by atoms with Gasteiger partial charge in [0.2, 0.25) is 35.4 Å². The van der Waals surface area contributed by atoms with Crippen LogP contribution in [0.5, 0.6) is 11.5 Å². The molecule has 1 aliphatic carbocycles. The molecule has 7 amide bonds. The first-order valence-electron chi connectivity index (χ1n) is 32.1. The fraction of sp³-hybridized carbons (Fsp3) is 0.578. The molecule has 0 spiro atoms. The number of anilines is 1. The lowest BCUT2D eigenvalue weighted by Gasteiger charge is -2.34. The van der Waals surface area contributed by atoms with Crippen LogP contribution in [0.4, 0.5) is 5.69 Å². The maximum Gasteiger partial charge on any atom is 0.251 e. The average molecular weight is 1310 g/mol. The number of rotatable bonds is 18. The first-order chi connectivity index (χ1) is 44.6. The van der Waals surface area contributed by atoms with Crippen molar-refractivity contribution in [3.05, 3.63) is 77.9 Å². The second kappa shape index (κ2) is 32.1. The molecule has 3 aromatic carbocycles. The summed E-state index contributed by atoms with van der Waals surface area (Å²) in [5, 5.41) is 102. The largest absolute Gasteiger partial charge is 0.504 e. The van der Waals surface area contributed by atoms with Crippen LogP contribution >= 0.6 is 11.3 Å². The summed E-state index contributed by atoms with van der Waals surface area (Å²) in [5.41, 5.74) is 14.3. The molecule has 506 valence electrons. The molecule has 13 atom stereocenters. The molecule has 1 aromatic heterocycles. The highest BCUT2D eigenvalue weighted by Crippen LogP contribution is 2.34. The number of hydrogen-bond acceptors (Lipinski definition) is 22. The molecule has 4 saturated heterocycles. The highest BCUT2D eigenvalue weighted by Gasteiger charge is 2.50. The number of aliphatic hydroxyl groups excluding tert-OH is 6. The van der Waals surface area contributed by atoms with Gasteiger partial charge in [-0.15, -0.1) is 10.2 Å². The predicted octanol–water partition coefficient (Wildman–Crippen LogP) is -1.22. The van der Waals surface area contributed by atoms with Gasteiger partial charge in [-0.1, -0.05) is 55.7 Å². The van der Waals surface area contributed by atoms with Crippen LogP contribution in [0.25, 0.3) is 21.1 Å². The lowest BCUT2D eigenvalue weighted by atomic mass is 9.90. The standard InChI is InChI=1S/C64H88N12O16S/c1-34-31-76-54(55(34)83)60(88)67-30-42(78)28-45(68-56(84)38-9-11-39(12-10-38)61-72-73-62(93-61)40-13-15-41(16-14-40)74-23-19-44(20-24-74)92-33-36-6-4-3-5-7-36)57(85)69-51(35(2)77)63(89)75-32-43(79)29-46(75)58(86)70-52(59(87)71-53(64(76)90)48(81)18-21-65)49(82)26-37-8-17-47(80)50(27-37)91-25-22-66/h8-17,27,34-36,42-46,48-49,51-55,77-83H,3-7,18-26,28-33,65-66H2,1-2H3,(H,67,88)(H,68,84)(H,69,85)(H,70,86)(H,71,87)/t34-,35+,42+,43+,45-,46-,48+,49+,51-,52-,53-,54-,55-/m0/s1. The predicted molar refractivity (Wildman–Crippen MR) is 340 cm³/mol. The molecule has 0 unspecified atom stereocenters. The SMILES string of the molecule is C[C@@H](O)[C@@H]1NC(=O)[C@@H](NC(=O)c2ccc(-c3nnc(-c4ccc(N5CCC(OCC6CCCCC6)CC5)cc4)s3)cc2)C[C@@H](O)CNC(=O)[C@@H]2[C@@H](O)[C@@H](C)CN2C(=O)[C@H]([C@H](O)CCN)NC(=O)[C@H]([C@H](O)Cc2ccc(O)c(OCCN)c2)NC(=O)[C@@H]2C[C@@H](O)CN2C1=O. The summed E-state index contributed by atoms with van der Waals surface area (Å²) in [4.78, 5) is 106. The summed E-state index contributed by atoms with van der Waals surface area (Å²) < 4.78 is 11.9. The van der Waals surface area contributed by atoms with Crippen LogP contribution in [0.1, 0.15) is 94.0 Å². The van der Waals surface area contributed by atoms with Crippen LogP contribution in [0, 0.1) is 11.8 Å². The van der Waals surface area contributed by atoms with Crippen molar-refractivity contribution in [1.29, 1.82) is 0 Å². The van der Waals surface area contributed by atoms with Gasteiger partial charge in [-0.25, -0.2) is 0 Å². The number of aromatic hydroxyl groups is 1. The van der Waals surface area contributed by atoms with E-state index >= 15 is 0 Å². The molecule has 0 radical (unpaired) electrons. The van der Waals surface area contributed by atoms with Crippen molar-refractivity contribution in [1.82, 2.24) is 46.6 Å². The summed E-state index contributed by atoms with van der Waals surface area (Å²) in [6.07, 6.45) is -3.14. The van der Waals surface area contributed by atoms with E-state index in [0.29, 0.717) is 21.5 Å². The Morgan fingerprint density at radius 3 is 2.03 bits per heavy atom. The minimum Gasteiger partial charge on any atom is -0.504 e. The topological polar surface area (TPSA) is 427 Å². The van der Waals surface area contributed by atoms with E-state index in [4.69, 9.17) is 20.9 Å². The van der Waals surface area contributed by atoms with Gasteiger partial charge in [-0.2, -0.15) is 0 Å². The Morgan fingerprint density at radius 2 is 1.38 bits per heavy atom. The number of carbonyl (C=O) groups is 7. The third-order valence-corrected chi connectivity index (χ3v) is 19.1. The molecule has 0 bridgehead atoms. The number of phenols is 1. The Hall–Kier alpha value is -7.45. The third-order valence-electron chi connectivity index (χ3n) is 18.1. The number of piperidine rings is 1. The van der Waals surface area contributed by atoms with Gasteiger partial charge in [0.25, 0.3) is 5.91 Å². The number of aliphatic hydroxyl groups is 6. The lowest BCUT2D eigenvalue weighted by molar-refractivity contribution is -0.147. The van der Waals surface area contributed by atoms with E-state index < -0.39 is 152 Å². The number of hydrogen-bond donors (Lipinski definition) is 14. The van der Waals surface area contributed by atoms with Gasteiger partial charge in [0, 0.05) is 93.4 Å². The van der Waals surface area contributed by atoms with Crippen molar-refractivity contribution >= 4 is 58.4 Å². The Morgan fingerprint density at radius 1 is 0.731 bits per heavy atom. The number of amides is 7. The number of aromatic nitrogens is 2. The summed E-state index contributed by atoms with van der Waals surface area (Å²) in [6.45, 7) is 3.76. The van der Waals surface area contributed by atoms with Gasteiger partial charge < -0.3 is 98.0 Å². The number of nitrogens with two attached hydrogens (primary N) is 2. The molecule has 93 heavy (non-hydrogen) atoms. The van der Waals surface area contributed by atoms with E-state index in [0.717, 1.165) is 60.5 Å². The Kier molecular flexibility index (Phi) is 24.1. The zero-order valence-electron chi connectivity index (χ0n) is 52.3. The van der Waals surface area contributed by atoms with Gasteiger partial charge in [0.1, 0.15) is 52.9 Å². The lowest BCUT2D eigenvalue weighted by Crippen LogP contribution is -2.64. The molecule has 16 N–H and O–H groups in total. The molecule has 29 heteroatoms. The van der Waals surface area contributed by atoms with Gasteiger partial charge in [-0.3, -0.25) is 33.6 Å². The van der Waals surface area contributed by atoms with Crippen LogP contribution in [-0.4, -0.2) is 235 Å². The summed E-state index contributed by atoms with van der Waals surface area (Å²) in [5.74, 6) is -7.94. The normalized spacial score (nSPS) is 27.0. The fourth-order valence-electron chi connectivity index (χ4n) is 12.8. The first kappa shape index (κ1) is 69.9. The quantitative estimate of drug-likeness (QED) is 0.0555.